The van der Waals surface area contributed by atoms with Crippen LogP contribution in [0.4, 0.5) is 5.69 Å². The van der Waals surface area contributed by atoms with Crippen molar-refractivity contribution in [2.24, 2.45) is 17.8 Å². The number of carbonyl (C=O) groups is 4. The Kier molecular flexibility index (Phi) is 8.02. The van der Waals surface area contributed by atoms with Crippen LogP contribution in [-0.2, 0) is 19.2 Å². The molecule has 30 heavy (non-hydrogen) atoms. The lowest BCUT2D eigenvalue weighted by Crippen LogP contribution is -2.50. The number of benzene rings is 1. The van der Waals surface area contributed by atoms with Crippen LogP contribution in [0.5, 0.6) is 0 Å². The van der Waals surface area contributed by atoms with Crippen LogP contribution in [0.3, 0.4) is 0 Å². The van der Waals surface area contributed by atoms with Crippen LogP contribution < -0.4 is 4.90 Å². The number of amides is 4. The van der Waals surface area contributed by atoms with Crippen LogP contribution in [0.2, 0.25) is 0 Å². The molecular weight excluding hydrogens is 495 g/mol. The lowest BCUT2D eigenvalue weighted by atomic mass is 9.80. The van der Waals surface area contributed by atoms with Gasteiger partial charge in [-0.05, 0) is 44.2 Å². The summed E-state index contributed by atoms with van der Waals surface area (Å²) in [6.45, 7) is 1.40. The average molecular weight is 524 g/mol. The van der Waals surface area contributed by atoms with Gasteiger partial charge in [0.15, 0.2) is 0 Å². The third kappa shape index (κ3) is 5.28. The lowest BCUT2D eigenvalue weighted by Gasteiger charge is -2.36. The summed E-state index contributed by atoms with van der Waals surface area (Å²) in [5.41, 5.74) is 0.643. The van der Waals surface area contributed by atoms with Crippen molar-refractivity contribution in [1.29, 1.82) is 0 Å². The molecule has 2 bridgehead atoms. The van der Waals surface area contributed by atoms with E-state index in [0.717, 1.165) is 38.5 Å². The predicted molar refractivity (Wildman–Crippen MR) is 123 cm³/mol. The number of halogens is 1. The van der Waals surface area contributed by atoms with Crippen LogP contribution in [0.25, 0.3) is 0 Å². The molecule has 7 heteroatoms. The molecule has 1 aliphatic heterocycles. The molecule has 1 aromatic carbocycles. The van der Waals surface area contributed by atoms with Crippen molar-refractivity contribution < 1.29 is 19.2 Å². The van der Waals surface area contributed by atoms with Crippen LogP contribution in [0.1, 0.15) is 64.7 Å². The monoisotopic (exact) mass is 524 g/mol. The summed E-state index contributed by atoms with van der Waals surface area (Å²) in [6, 6.07) is 9.17. The molecule has 0 N–H and O–H groups in total. The second-order valence-electron chi connectivity index (χ2n) is 8.38. The van der Waals surface area contributed by atoms with Crippen molar-refractivity contribution in [1.82, 2.24) is 3.11 Å². The van der Waals surface area contributed by atoms with Crippen LogP contribution in [0.15, 0.2) is 30.3 Å². The van der Waals surface area contributed by atoms with Crippen molar-refractivity contribution in [3.05, 3.63) is 30.3 Å². The topological polar surface area (TPSA) is 74.8 Å². The summed E-state index contributed by atoms with van der Waals surface area (Å²) in [4.78, 5) is 51.9. The van der Waals surface area contributed by atoms with Gasteiger partial charge in [-0.25, -0.2) is 3.11 Å². The molecule has 3 atom stereocenters. The Balaban J connectivity index is 1.76. The number of fused-ring (bicyclic) bond motifs is 2. The van der Waals surface area contributed by atoms with Gasteiger partial charge in [0.1, 0.15) is 0 Å². The molecule has 2 unspecified atom stereocenters. The summed E-state index contributed by atoms with van der Waals surface area (Å²) in [6.07, 6.45) is 6.95. The fourth-order valence-corrected chi connectivity index (χ4v) is 5.00. The maximum absolute atomic E-state index is 13.2. The minimum atomic E-state index is -0.256. The SMILES string of the molecule is CC(=O)N(I)C(=O)C1CCCCC[C@H]2CC(CCC1)C(=O)N(c1ccccc1)C2=O. The van der Waals surface area contributed by atoms with Gasteiger partial charge in [-0.1, -0.05) is 43.9 Å². The molecule has 1 saturated carbocycles. The zero-order chi connectivity index (χ0) is 21.7. The minimum absolute atomic E-state index is 0.0745. The highest BCUT2D eigenvalue weighted by Gasteiger charge is 2.41. The molecule has 1 aliphatic carbocycles. The first-order valence-corrected chi connectivity index (χ1v) is 11.8. The van der Waals surface area contributed by atoms with Crippen molar-refractivity contribution >= 4 is 52.2 Å². The Bertz CT molecular complexity index is 798. The summed E-state index contributed by atoms with van der Waals surface area (Å²) >= 11 is 1.79. The van der Waals surface area contributed by atoms with Crippen LogP contribution in [-0.4, -0.2) is 26.7 Å². The van der Waals surface area contributed by atoms with Gasteiger partial charge in [-0.15, -0.1) is 0 Å². The average Bonchev–Trinajstić information content (AvgIpc) is 2.73. The molecule has 4 amide bonds. The highest BCUT2D eigenvalue weighted by molar-refractivity contribution is 14.1. The number of rotatable bonds is 2. The Labute approximate surface area is 191 Å². The van der Waals surface area contributed by atoms with Gasteiger partial charge in [0.25, 0.3) is 0 Å². The van der Waals surface area contributed by atoms with Gasteiger partial charge in [0.05, 0.1) is 28.6 Å². The van der Waals surface area contributed by atoms with E-state index in [1.807, 2.05) is 30.3 Å². The summed E-state index contributed by atoms with van der Waals surface area (Å²) in [7, 11) is 0. The van der Waals surface area contributed by atoms with E-state index in [2.05, 4.69) is 0 Å². The van der Waals surface area contributed by atoms with Gasteiger partial charge >= 0.3 is 0 Å². The second-order valence-corrected chi connectivity index (χ2v) is 9.35. The van der Waals surface area contributed by atoms with Crippen molar-refractivity contribution in [2.75, 3.05) is 4.90 Å². The van der Waals surface area contributed by atoms with E-state index in [1.54, 1.807) is 22.9 Å². The van der Waals surface area contributed by atoms with E-state index in [4.69, 9.17) is 0 Å². The fraction of sp³-hybridized carbons (Fsp3) is 0.565. The molecule has 2 aliphatic rings. The molecule has 0 radical (unpaired) electrons. The molecule has 6 nitrogen and oxygen atoms in total. The first-order chi connectivity index (χ1) is 14.4. The maximum atomic E-state index is 13.2. The Morgan fingerprint density at radius 2 is 1.47 bits per heavy atom. The van der Waals surface area contributed by atoms with E-state index in [-0.39, 0.29) is 41.4 Å². The van der Waals surface area contributed by atoms with E-state index < -0.39 is 0 Å². The molecule has 1 heterocycles. The summed E-state index contributed by atoms with van der Waals surface area (Å²) < 4.78 is 1.19. The number of anilines is 1. The zero-order valence-corrected chi connectivity index (χ0v) is 19.5. The third-order valence-electron chi connectivity index (χ3n) is 6.25. The van der Waals surface area contributed by atoms with Gasteiger partial charge in [0, 0.05) is 24.7 Å². The number of imide groups is 2. The normalized spacial score (nSPS) is 25.8. The van der Waals surface area contributed by atoms with E-state index >= 15 is 0 Å². The summed E-state index contributed by atoms with van der Waals surface area (Å²) in [5.74, 6) is -1.09. The van der Waals surface area contributed by atoms with E-state index in [9.17, 15) is 19.2 Å². The molecule has 1 aromatic rings. The lowest BCUT2D eigenvalue weighted by molar-refractivity contribution is -0.138. The predicted octanol–water partition coefficient (Wildman–Crippen LogP) is 4.66. The Hall–Kier alpha value is -1.77. The number of nitrogens with zero attached hydrogens (tertiary/aromatic N) is 2. The molecule has 162 valence electrons. The second kappa shape index (κ2) is 10.5. The first kappa shape index (κ1) is 22.9. The van der Waals surface area contributed by atoms with Crippen LogP contribution in [0, 0.1) is 17.8 Å². The molecular formula is C23H29IN2O4. The number of para-hydroxylation sites is 1. The molecule has 3 rings (SSSR count). The van der Waals surface area contributed by atoms with Gasteiger partial charge < -0.3 is 0 Å². The largest absolute Gasteiger partial charge is 0.274 e. The standard InChI is InChI=1S/C23H29IN2O4/c1-16(27)26(24)23(30)17-9-4-2-5-10-18-15-19(12-8-11-17)22(29)25(21(18)28)20-13-6-3-7-14-20/h3,6-7,13-14,17-19H,2,4-5,8-12,15H2,1H3/t17?,18-,19?/m0/s1. The first-order valence-electron chi connectivity index (χ1n) is 10.8. The van der Waals surface area contributed by atoms with Gasteiger partial charge in [0.2, 0.25) is 23.6 Å². The minimum Gasteiger partial charge on any atom is -0.274 e. The van der Waals surface area contributed by atoms with Gasteiger partial charge in [-0.2, -0.15) is 0 Å². The number of hydrogen-bond acceptors (Lipinski definition) is 4. The quantitative estimate of drug-likeness (QED) is 0.321. The Morgan fingerprint density at radius 3 is 2.10 bits per heavy atom. The maximum Gasteiger partial charge on any atom is 0.241 e. The van der Waals surface area contributed by atoms with Crippen LogP contribution >= 0.6 is 22.9 Å². The Morgan fingerprint density at radius 1 is 0.900 bits per heavy atom. The third-order valence-corrected chi connectivity index (χ3v) is 7.41. The molecule has 1 saturated heterocycles. The fourth-order valence-electron chi connectivity index (χ4n) is 4.61. The number of piperidine rings is 1. The number of carbonyl (C=O) groups excluding carboxylic acids is 4. The van der Waals surface area contributed by atoms with E-state index in [0.29, 0.717) is 24.9 Å². The van der Waals surface area contributed by atoms with Crippen molar-refractivity contribution in [3.63, 3.8) is 0 Å². The highest BCUT2D eigenvalue weighted by Crippen LogP contribution is 2.35. The molecule has 2 fully saturated rings. The highest BCUT2D eigenvalue weighted by atomic mass is 127. The summed E-state index contributed by atoms with van der Waals surface area (Å²) in [5, 5.41) is 0. The smallest absolute Gasteiger partial charge is 0.241 e. The zero-order valence-electron chi connectivity index (χ0n) is 17.4. The molecule has 0 aromatic heterocycles. The van der Waals surface area contributed by atoms with Gasteiger partial charge in [-0.3, -0.25) is 24.1 Å². The van der Waals surface area contributed by atoms with E-state index in [1.165, 1.54) is 14.9 Å². The van der Waals surface area contributed by atoms with Crippen molar-refractivity contribution in [2.45, 2.75) is 64.7 Å². The molecule has 0 spiro atoms. The number of hydrogen-bond donors (Lipinski definition) is 0. The van der Waals surface area contributed by atoms with Crippen molar-refractivity contribution in [3.8, 4) is 0 Å².